The van der Waals surface area contributed by atoms with E-state index in [1.807, 2.05) is 6.07 Å². The highest BCUT2D eigenvalue weighted by Crippen LogP contribution is 2.38. The molecular weight excluding hydrogens is 755 g/mol. The number of hydrogen-bond acceptors (Lipinski definition) is 9. The van der Waals surface area contributed by atoms with Gasteiger partial charge >= 0.3 is 23.9 Å². The van der Waals surface area contributed by atoms with Crippen molar-refractivity contribution in [3.8, 4) is 11.5 Å². The van der Waals surface area contributed by atoms with E-state index in [1.54, 1.807) is 12.1 Å². The Morgan fingerprint density at radius 1 is 0.550 bits per heavy atom. The number of carbonyl (C=O) groups excluding carboxylic acids is 3. The summed E-state index contributed by atoms with van der Waals surface area (Å²) in [5.41, 5.74) is 0.692. The minimum Gasteiger partial charge on any atom is -0.466 e. The Balaban J connectivity index is 0.00000140. The second-order valence-electron chi connectivity index (χ2n) is 17.3. The molecule has 1 unspecified atom stereocenters. The maximum absolute atomic E-state index is 13.1. The minimum atomic E-state index is -1.57. The molecule has 1 saturated heterocycles. The summed E-state index contributed by atoms with van der Waals surface area (Å²) in [6, 6.07) is 5.41. The number of carbonyl (C=O) groups is 3. The third kappa shape index (κ3) is 26.5. The normalized spacial score (nSPS) is 15.7. The van der Waals surface area contributed by atoms with Crippen LogP contribution in [0.25, 0.3) is 0 Å². The zero-order valence-corrected chi connectivity index (χ0v) is 39.1. The first kappa shape index (κ1) is 53.3. The molecule has 0 spiro atoms. The van der Waals surface area contributed by atoms with Crippen LogP contribution in [-0.4, -0.2) is 55.0 Å². The summed E-state index contributed by atoms with van der Waals surface area (Å²) in [4.78, 5) is 40.2. The van der Waals surface area contributed by atoms with E-state index in [-0.39, 0.29) is 24.5 Å². The molecule has 0 aromatic heterocycles. The van der Waals surface area contributed by atoms with Crippen molar-refractivity contribution in [2.45, 2.75) is 246 Å². The Morgan fingerprint density at radius 2 is 1.03 bits per heavy atom. The Bertz CT molecular complexity index is 1230. The van der Waals surface area contributed by atoms with Crippen LogP contribution in [0, 0.1) is 0 Å². The molecule has 346 valence electrons. The Labute approximate surface area is 367 Å². The second-order valence-corrected chi connectivity index (χ2v) is 17.3. The van der Waals surface area contributed by atoms with E-state index >= 15 is 0 Å². The van der Waals surface area contributed by atoms with Gasteiger partial charge in [0.2, 0.25) is 0 Å². The lowest BCUT2D eigenvalue weighted by atomic mass is 10.1. The van der Waals surface area contributed by atoms with E-state index in [0.717, 1.165) is 90.3 Å². The summed E-state index contributed by atoms with van der Waals surface area (Å²) in [6.45, 7) is 12.6. The highest BCUT2D eigenvalue weighted by Gasteiger charge is 2.42. The number of esters is 3. The molecule has 1 aromatic carbocycles. The molecule has 1 fully saturated rings. The van der Waals surface area contributed by atoms with E-state index < -0.39 is 5.97 Å². The molecule has 0 radical (unpaired) electrons. The fourth-order valence-electron chi connectivity index (χ4n) is 7.84. The van der Waals surface area contributed by atoms with Crippen LogP contribution in [0.1, 0.15) is 239 Å². The van der Waals surface area contributed by atoms with Crippen LogP contribution in [0.15, 0.2) is 18.2 Å². The fraction of sp³-hybridized carbons (Fsp3) is 0.824. The number of unbranched alkanes of at least 4 members (excludes halogenated alkanes) is 21. The second kappa shape index (κ2) is 35.8. The lowest BCUT2D eigenvalue weighted by Crippen LogP contribution is -2.46. The van der Waals surface area contributed by atoms with Crippen molar-refractivity contribution in [1.82, 2.24) is 4.90 Å². The quantitative estimate of drug-likeness (QED) is 0.0371. The Morgan fingerprint density at radius 3 is 1.62 bits per heavy atom. The number of nitrogens with zero attached hydrogens (tertiary/aromatic N) is 1. The molecule has 0 aliphatic carbocycles. The van der Waals surface area contributed by atoms with Crippen LogP contribution < -0.4 is 9.47 Å². The average Bonchev–Trinajstić information content (AvgIpc) is 3.64. The van der Waals surface area contributed by atoms with Crippen molar-refractivity contribution in [2.24, 2.45) is 0 Å². The summed E-state index contributed by atoms with van der Waals surface area (Å²) in [5.74, 6) is -1.21. The van der Waals surface area contributed by atoms with Gasteiger partial charge in [0.25, 0.3) is 0 Å². The number of ether oxygens (including phenoxy) is 5. The van der Waals surface area contributed by atoms with Crippen molar-refractivity contribution in [1.29, 1.82) is 0 Å². The van der Waals surface area contributed by atoms with Crippen LogP contribution >= 0.6 is 0 Å². The average molecular weight is 844 g/mol. The number of hydrogen-bond donors (Lipinski definition) is 0. The van der Waals surface area contributed by atoms with Crippen LogP contribution in [0.2, 0.25) is 0 Å². The molecule has 9 nitrogen and oxygen atoms in total. The Hall–Kier alpha value is -2.81. The largest absolute Gasteiger partial charge is 0.466 e. The van der Waals surface area contributed by atoms with Gasteiger partial charge in [-0.15, -0.1) is 0 Å². The molecule has 3 heterocycles. The smallest absolute Gasteiger partial charge is 0.419 e. The molecule has 1 aromatic rings. The predicted octanol–water partition coefficient (Wildman–Crippen LogP) is 14.1. The van der Waals surface area contributed by atoms with Gasteiger partial charge < -0.3 is 28.6 Å². The third-order valence-electron chi connectivity index (χ3n) is 11.6. The highest BCUT2D eigenvalue weighted by molar-refractivity contribution is 5.70. The third-order valence-corrected chi connectivity index (χ3v) is 11.6. The first-order valence-electron chi connectivity index (χ1n) is 25.1. The molecule has 3 aliphatic heterocycles. The first-order chi connectivity index (χ1) is 29.3. The van der Waals surface area contributed by atoms with Gasteiger partial charge in [-0.2, -0.15) is 0 Å². The SMILES string of the molecule is CCCCCCCC.CCCCCCCCCC(=O)OCCCCCCCC1(OC(=O)CCCCCCCCC)Oc2ccc(c(COC(=O)CCCN3CCCC3)c2)O1. The monoisotopic (exact) mass is 844 g/mol. The zero-order chi connectivity index (χ0) is 43.4. The molecular formula is C51H89NO8. The summed E-state index contributed by atoms with van der Waals surface area (Å²) in [7, 11) is 0. The van der Waals surface area contributed by atoms with E-state index in [9.17, 15) is 14.4 Å². The molecule has 0 amide bonds. The number of benzene rings is 1. The number of fused-ring (bicyclic) bond motifs is 4. The maximum Gasteiger partial charge on any atom is 0.419 e. The number of rotatable bonds is 36. The predicted molar refractivity (Wildman–Crippen MR) is 244 cm³/mol. The van der Waals surface area contributed by atoms with Gasteiger partial charge in [0.05, 0.1) is 13.0 Å². The molecule has 0 N–H and O–H groups in total. The molecule has 9 heteroatoms. The van der Waals surface area contributed by atoms with Gasteiger partial charge in [0.15, 0.2) is 0 Å². The molecule has 0 saturated carbocycles. The highest BCUT2D eigenvalue weighted by atomic mass is 16.9. The molecule has 1 atom stereocenters. The van der Waals surface area contributed by atoms with E-state index in [2.05, 4.69) is 32.6 Å². The van der Waals surface area contributed by atoms with Crippen LogP contribution in [-0.2, 0) is 35.2 Å². The topological polar surface area (TPSA) is 101 Å². The molecule has 3 aliphatic rings. The van der Waals surface area contributed by atoms with Gasteiger partial charge in [-0.05, 0) is 82.8 Å². The van der Waals surface area contributed by atoms with Gasteiger partial charge in [-0.1, -0.05) is 163 Å². The fourth-order valence-corrected chi connectivity index (χ4v) is 7.84. The van der Waals surface area contributed by atoms with Gasteiger partial charge in [0, 0.05) is 24.8 Å². The lowest BCUT2D eigenvalue weighted by Gasteiger charge is -2.31. The lowest BCUT2D eigenvalue weighted by molar-refractivity contribution is -0.287. The maximum atomic E-state index is 13.1. The van der Waals surface area contributed by atoms with Gasteiger partial charge in [-0.25, -0.2) is 0 Å². The molecule has 60 heavy (non-hydrogen) atoms. The van der Waals surface area contributed by atoms with Crippen LogP contribution in [0.5, 0.6) is 11.5 Å². The minimum absolute atomic E-state index is 0.0702. The summed E-state index contributed by atoms with van der Waals surface area (Å²) in [6.07, 6.45) is 33.8. The standard InChI is InChI=1S/C43H71NO8.C8H18/c1-3-5-7-9-11-14-18-25-40(45)48-34-23-17-13-16-20-30-43(52-42(47)26-19-15-12-10-8-6-4-2)50-38-28-29-39(51-43)37(35-38)36-49-41(46)27-24-33-44-31-21-22-32-44;1-3-5-7-8-6-4-2/h28-29,35H,3-27,30-34,36H2,1-2H3;3-8H2,1-2H3. The van der Waals surface area contributed by atoms with Crippen molar-refractivity contribution in [3.05, 3.63) is 23.8 Å². The molecule has 4 rings (SSSR count). The van der Waals surface area contributed by atoms with E-state index in [4.69, 9.17) is 23.7 Å². The Kier molecular flexibility index (Phi) is 31.8. The zero-order valence-electron chi connectivity index (χ0n) is 39.1. The summed E-state index contributed by atoms with van der Waals surface area (Å²) in [5, 5.41) is 0. The van der Waals surface area contributed by atoms with Crippen molar-refractivity contribution in [3.63, 3.8) is 0 Å². The van der Waals surface area contributed by atoms with Crippen molar-refractivity contribution >= 4 is 17.9 Å². The van der Waals surface area contributed by atoms with Crippen LogP contribution in [0.4, 0.5) is 0 Å². The van der Waals surface area contributed by atoms with E-state index in [0.29, 0.717) is 49.4 Å². The van der Waals surface area contributed by atoms with Crippen molar-refractivity contribution < 1.29 is 38.1 Å². The van der Waals surface area contributed by atoms with Gasteiger partial charge in [0.1, 0.15) is 18.1 Å². The summed E-state index contributed by atoms with van der Waals surface area (Å²) >= 11 is 0. The number of likely N-dealkylation sites (tertiary alicyclic amines) is 1. The van der Waals surface area contributed by atoms with E-state index in [1.165, 1.54) is 109 Å². The molecule has 2 bridgehead atoms. The first-order valence-corrected chi connectivity index (χ1v) is 25.1. The van der Waals surface area contributed by atoms with Gasteiger partial charge in [-0.3, -0.25) is 14.4 Å². The summed E-state index contributed by atoms with van der Waals surface area (Å²) < 4.78 is 29.8. The van der Waals surface area contributed by atoms with Crippen LogP contribution in [0.3, 0.4) is 0 Å². The van der Waals surface area contributed by atoms with Crippen molar-refractivity contribution in [2.75, 3.05) is 26.2 Å².